The molecule has 0 radical (unpaired) electrons. The number of benzene rings is 1. The highest BCUT2D eigenvalue weighted by Crippen LogP contribution is 2.26. The van der Waals surface area contributed by atoms with Gasteiger partial charge in [-0.25, -0.2) is 8.78 Å². The number of carbonyl (C=O) groups excluding carboxylic acids is 1. The topological polar surface area (TPSA) is 89.6 Å². The first-order chi connectivity index (χ1) is 10.2. The molecule has 1 rings (SSSR count). The lowest BCUT2D eigenvalue weighted by Gasteiger charge is -2.12. The van der Waals surface area contributed by atoms with E-state index in [4.69, 9.17) is 10.8 Å². The Hall–Kier alpha value is -2.16. The Morgan fingerprint density at radius 3 is 2.23 bits per heavy atom. The average molecular weight is 323 g/mol. The third-order valence-electron chi connectivity index (χ3n) is 2.75. The van der Waals surface area contributed by atoms with Crippen molar-refractivity contribution in [3.8, 4) is 5.75 Å². The summed E-state index contributed by atoms with van der Waals surface area (Å²) in [4.78, 5) is 21.9. The van der Waals surface area contributed by atoms with Crippen LogP contribution in [0, 0.1) is 23.3 Å². The molecule has 0 aliphatic carbocycles. The summed E-state index contributed by atoms with van der Waals surface area (Å²) in [5.74, 6) is -10.0. The van der Waals surface area contributed by atoms with Crippen molar-refractivity contribution in [1.29, 1.82) is 0 Å². The van der Waals surface area contributed by atoms with Gasteiger partial charge in [-0.1, -0.05) is 0 Å². The molecule has 5 nitrogen and oxygen atoms in total. The summed E-state index contributed by atoms with van der Waals surface area (Å²) in [5.41, 5.74) is 5.45. The smallest absolute Gasteiger partial charge is 0.303 e. The molecule has 0 aliphatic heterocycles. The first-order valence-corrected chi connectivity index (χ1v) is 6.20. The summed E-state index contributed by atoms with van der Waals surface area (Å²) in [6.07, 6.45) is -0.0449. The van der Waals surface area contributed by atoms with Crippen molar-refractivity contribution in [2.24, 2.45) is 5.73 Å². The number of ether oxygens (including phenoxy) is 1. The molecule has 22 heavy (non-hydrogen) atoms. The molecule has 1 aromatic carbocycles. The normalized spacial score (nSPS) is 12.0. The van der Waals surface area contributed by atoms with Crippen molar-refractivity contribution in [2.75, 3.05) is 6.61 Å². The number of ketones is 1. The molecule has 0 bridgehead atoms. The molecule has 0 aromatic heterocycles. The average Bonchev–Trinajstić information content (AvgIpc) is 2.44. The van der Waals surface area contributed by atoms with Gasteiger partial charge in [0.25, 0.3) is 0 Å². The van der Waals surface area contributed by atoms with Crippen LogP contribution in [0.4, 0.5) is 17.6 Å². The lowest BCUT2D eigenvalue weighted by Crippen LogP contribution is -2.34. The number of hydrogen-bond acceptors (Lipinski definition) is 4. The lowest BCUT2D eigenvalue weighted by atomic mass is 10.1. The van der Waals surface area contributed by atoms with Crippen LogP contribution in [0.5, 0.6) is 5.75 Å². The van der Waals surface area contributed by atoms with E-state index in [2.05, 4.69) is 4.74 Å². The Morgan fingerprint density at radius 1 is 1.18 bits per heavy atom. The molecule has 122 valence electrons. The highest BCUT2D eigenvalue weighted by atomic mass is 19.2. The van der Waals surface area contributed by atoms with Gasteiger partial charge in [-0.3, -0.25) is 9.59 Å². The van der Waals surface area contributed by atoms with Gasteiger partial charge in [-0.2, -0.15) is 8.78 Å². The van der Waals surface area contributed by atoms with Crippen molar-refractivity contribution in [3.05, 3.63) is 29.3 Å². The molecule has 3 N–H and O–H groups in total. The number of aliphatic carboxylic acids is 1. The Kier molecular flexibility index (Phi) is 6.29. The molecular weight excluding hydrogens is 310 g/mol. The number of carbonyl (C=O) groups is 2. The largest absolute Gasteiger partial charge is 0.481 e. The predicted molar refractivity (Wildman–Crippen MR) is 66.2 cm³/mol. The van der Waals surface area contributed by atoms with E-state index in [1.807, 2.05) is 0 Å². The van der Waals surface area contributed by atoms with Crippen molar-refractivity contribution >= 4 is 11.8 Å². The fraction of sp³-hybridized carbons (Fsp3) is 0.385. The summed E-state index contributed by atoms with van der Waals surface area (Å²) >= 11 is 0. The van der Waals surface area contributed by atoms with Gasteiger partial charge in [0.2, 0.25) is 11.6 Å². The number of hydrogen-bond donors (Lipinski definition) is 2. The maximum absolute atomic E-state index is 13.3. The minimum atomic E-state index is -1.76. The first-order valence-electron chi connectivity index (χ1n) is 6.20. The van der Waals surface area contributed by atoms with Crippen molar-refractivity contribution in [1.82, 2.24) is 0 Å². The van der Waals surface area contributed by atoms with Crippen LogP contribution >= 0.6 is 0 Å². The third kappa shape index (κ3) is 4.69. The van der Waals surface area contributed by atoms with Crippen LogP contribution in [-0.2, 0) is 9.59 Å². The second kappa shape index (κ2) is 7.74. The van der Waals surface area contributed by atoms with Crippen LogP contribution in [0.3, 0.4) is 0 Å². The van der Waals surface area contributed by atoms with Crippen molar-refractivity contribution in [3.63, 3.8) is 0 Å². The molecule has 0 amide bonds. The molecule has 0 heterocycles. The van der Waals surface area contributed by atoms with Crippen LogP contribution in [0.2, 0.25) is 0 Å². The number of nitrogens with two attached hydrogens (primary N) is 1. The second-order valence-corrected chi connectivity index (χ2v) is 4.44. The Morgan fingerprint density at radius 2 is 1.73 bits per heavy atom. The number of carboxylic acid groups (broad SMARTS) is 1. The van der Waals surface area contributed by atoms with E-state index >= 15 is 0 Å². The molecule has 0 aliphatic rings. The zero-order valence-electron chi connectivity index (χ0n) is 11.2. The minimum Gasteiger partial charge on any atom is -0.481 e. The Labute approximate surface area is 122 Å². The van der Waals surface area contributed by atoms with Crippen LogP contribution in [0.25, 0.3) is 0 Å². The molecule has 0 unspecified atom stereocenters. The maximum Gasteiger partial charge on any atom is 0.303 e. The van der Waals surface area contributed by atoms with Crippen molar-refractivity contribution < 1.29 is 37.0 Å². The zero-order valence-corrected chi connectivity index (χ0v) is 11.2. The number of rotatable bonds is 8. The van der Waals surface area contributed by atoms with Gasteiger partial charge in [0.05, 0.1) is 6.04 Å². The van der Waals surface area contributed by atoms with E-state index in [1.165, 1.54) is 0 Å². The van der Waals surface area contributed by atoms with Crippen LogP contribution in [0.1, 0.15) is 19.3 Å². The van der Waals surface area contributed by atoms with Crippen LogP contribution < -0.4 is 10.5 Å². The maximum atomic E-state index is 13.3. The van der Waals surface area contributed by atoms with Gasteiger partial charge in [0, 0.05) is 12.5 Å². The standard InChI is InChI=1S/C13H13F4NO4/c14-6-4-7(15)12(17)13(11(6)16)22-5-9(19)8(18)2-1-3-10(20)21/h4,8H,1-3,5,18H2,(H,20,21)/t8-/m0/s1. The SMILES string of the molecule is N[C@@H](CCCC(=O)O)C(=O)COc1c(F)c(F)cc(F)c1F. The molecule has 1 atom stereocenters. The van der Waals surface area contributed by atoms with Gasteiger partial charge in [-0.05, 0) is 12.8 Å². The van der Waals surface area contributed by atoms with Gasteiger partial charge in [0.15, 0.2) is 23.2 Å². The molecule has 0 saturated heterocycles. The van der Waals surface area contributed by atoms with E-state index in [9.17, 15) is 27.2 Å². The molecule has 0 fully saturated rings. The summed E-state index contributed by atoms with van der Waals surface area (Å²) in [7, 11) is 0. The molecule has 1 aromatic rings. The van der Waals surface area contributed by atoms with Crippen molar-refractivity contribution in [2.45, 2.75) is 25.3 Å². The number of carboxylic acids is 1. The molecule has 0 saturated carbocycles. The summed E-state index contributed by atoms with van der Waals surface area (Å²) in [6.45, 7) is -0.898. The van der Waals surface area contributed by atoms with E-state index in [0.717, 1.165) is 0 Å². The fourth-order valence-corrected chi connectivity index (χ4v) is 1.56. The summed E-state index contributed by atoms with van der Waals surface area (Å²) in [5, 5.41) is 8.43. The zero-order chi connectivity index (χ0) is 16.9. The van der Waals surface area contributed by atoms with Crippen LogP contribution in [-0.4, -0.2) is 29.5 Å². The minimum absolute atomic E-state index is 0.0109. The van der Waals surface area contributed by atoms with Gasteiger partial charge < -0.3 is 15.6 Å². The lowest BCUT2D eigenvalue weighted by molar-refractivity contribution is -0.137. The molecular formula is C13H13F4NO4. The highest BCUT2D eigenvalue weighted by Gasteiger charge is 2.22. The molecule has 9 heteroatoms. The number of halogens is 4. The Balaban J connectivity index is 2.63. The first kappa shape index (κ1) is 17.9. The van der Waals surface area contributed by atoms with E-state index < -0.39 is 53.4 Å². The van der Waals surface area contributed by atoms with Gasteiger partial charge >= 0.3 is 5.97 Å². The summed E-state index contributed by atoms with van der Waals surface area (Å²) in [6, 6.07) is -1.10. The number of Topliss-reactive ketones (excluding diaryl/α,β-unsaturated/α-hetero) is 1. The monoisotopic (exact) mass is 323 g/mol. The van der Waals surface area contributed by atoms with Crippen LogP contribution in [0.15, 0.2) is 6.07 Å². The fourth-order valence-electron chi connectivity index (χ4n) is 1.56. The van der Waals surface area contributed by atoms with E-state index in [1.54, 1.807) is 0 Å². The van der Waals surface area contributed by atoms with E-state index in [0.29, 0.717) is 0 Å². The molecule has 0 spiro atoms. The van der Waals surface area contributed by atoms with Gasteiger partial charge in [-0.15, -0.1) is 0 Å². The van der Waals surface area contributed by atoms with Gasteiger partial charge in [0.1, 0.15) is 6.61 Å². The summed E-state index contributed by atoms with van der Waals surface area (Å²) < 4.78 is 56.8. The predicted octanol–water partition coefficient (Wildman–Crippen LogP) is 1.77. The Bertz CT molecular complexity index is 553. The highest BCUT2D eigenvalue weighted by molar-refractivity contribution is 5.85. The van der Waals surface area contributed by atoms with E-state index in [-0.39, 0.29) is 25.3 Å². The quantitative estimate of drug-likeness (QED) is 0.562. The second-order valence-electron chi connectivity index (χ2n) is 4.44. The third-order valence-corrected chi connectivity index (χ3v) is 2.75.